The summed E-state index contributed by atoms with van der Waals surface area (Å²) in [6.07, 6.45) is 0. The predicted molar refractivity (Wildman–Crippen MR) is 133 cm³/mol. The molecule has 0 unspecified atom stereocenters. The minimum absolute atomic E-state index is 0. The van der Waals surface area contributed by atoms with Crippen molar-refractivity contribution in [2.24, 2.45) is 4.99 Å². The van der Waals surface area contributed by atoms with Crippen LogP contribution in [0.4, 0.5) is 0 Å². The van der Waals surface area contributed by atoms with Gasteiger partial charge in [-0.3, -0.25) is 4.99 Å². The van der Waals surface area contributed by atoms with Crippen molar-refractivity contribution in [2.75, 3.05) is 57.1 Å². The first-order valence-corrected chi connectivity index (χ1v) is 12.5. The van der Waals surface area contributed by atoms with Crippen LogP contribution in [0.5, 0.6) is 5.75 Å². The molecule has 1 aromatic carbocycles. The third-order valence-electron chi connectivity index (χ3n) is 4.32. The van der Waals surface area contributed by atoms with Crippen molar-refractivity contribution in [3.8, 4) is 5.75 Å². The van der Waals surface area contributed by atoms with E-state index in [-0.39, 0.29) is 36.3 Å². The molecular formula is C19H33IN4O3S2. The lowest BCUT2D eigenvalue weighted by Crippen LogP contribution is -2.41. The van der Waals surface area contributed by atoms with Crippen molar-refractivity contribution >= 4 is 51.7 Å². The summed E-state index contributed by atoms with van der Waals surface area (Å²) in [6.45, 7) is 7.48. The van der Waals surface area contributed by atoms with Crippen molar-refractivity contribution in [1.82, 2.24) is 14.5 Å². The second kappa shape index (κ2) is 13.6. The highest BCUT2D eigenvalue weighted by Crippen LogP contribution is 2.14. The SMILES string of the molecule is CCNC(=NCCS(=O)(=O)N1CCSCC1)N(C)Cc1ccc(OCC)cc1.I. The Morgan fingerprint density at radius 3 is 2.48 bits per heavy atom. The Morgan fingerprint density at radius 1 is 1.24 bits per heavy atom. The third-order valence-corrected chi connectivity index (χ3v) is 7.12. The van der Waals surface area contributed by atoms with Crippen LogP contribution >= 0.6 is 35.7 Å². The molecule has 0 radical (unpaired) electrons. The fourth-order valence-corrected chi connectivity index (χ4v) is 5.35. The molecule has 1 fully saturated rings. The van der Waals surface area contributed by atoms with Gasteiger partial charge in [0, 0.05) is 44.7 Å². The maximum absolute atomic E-state index is 12.5. The van der Waals surface area contributed by atoms with E-state index in [1.165, 1.54) is 0 Å². The second-order valence-electron chi connectivity index (χ2n) is 6.50. The highest BCUT2D eigenvalue weighted by Gasteiger charge is 2.23. The molecule has 1 aliphatic rings. The summed E-state index contributed by atoms with van der Waals surface area (Å²) in [5.74, 6) is 3.35. The Bertz CT molecular complexity index is 723. The average Bonchev–Trinajstić information content (AvgIpc) is 2.69. The highest BCUT2D eigenvalue weighted by atomic mass is 127. The van der Waals surface area contributed by atoms with Crippen LogP contribution in [-0.4, -0.2) is 80.7 Å². The number of rotatable bonds is 9. The van der Waals surface area contributed by atoms with Gasteiger partial charge in [0.25, 0.3) is 0 Å². The van der Waals surface area contributed by atoms with Crippen LogP contribution < -0.4 is 10.1 Å². The molecule has 1 aliphatic heterocycles. The molecule has 7 nitrogen and oxygen atoms in total. The quantitative estimate of drug-likeness (QED) is 0.286. The standard InChI is InChI=1S/C19H32N4O3S2.HI/c1-4-20-19(21-10-15-28(24,25)23-11-13-27-14-12-23)22(3)16-17-6-8-18(9-7-17)26-5-2;/h6-9H,4-5,10-16H2,1-3H3,(H,20,21);1H. The molecule has 0 aliphatic carbocycles. The van der Waals surface area contributed by atoms with Gasteiger partial charge in [-0.2, -0.15) is 11.8 Å². The molecule has 1 aromatic rings. The van der Waals surface area contributed by atoms with Crippen LogP contribution in [0.2, 0.25) is 0 Å². The fraction of sp³-hybridized carbons (Fsp3) is 0.632. The second-order valence-corrected chi connectivity index (χ2v) is 9.81. The lowest BCUT2D eigenvalue weighted by atomic mass is 10.2. The maximum Gasteiger partial charge on any atom is 0.215 e. The number of halogens is 1. The number of hydrogen-bond donors (Lipinski definition) is 1. The molecule has 0 saturated carbocycles. The highest BCUT2D eigenvalue weighted by molar-refractivity contribution is 14.0. The number of ether oxygens (including phenoxy) is 1. The fourth-order valence-electron chi connectivity index (χ4n) is 2.90. The summed E-state index contributed by atoms with van der Waals surface area (Å²) in [6, 6.07) is 7.98. The Hall–Kier alpha value is -0.720. The van der Waals surface area contributed by atoms with E-state index in [0.29, 0.717) is 32.2 Å². The van der Waals surface area contributed by atoms with E-state index in [9.17, 15) is 8.42 Å². The summed E-state index contributed by atoms with van der Waals surface area (Å²) in [5.41, 5.74) is 1.13. The van der Waals surface area contributed by atoms with Crippen molar-refractivity contribution < 1.29 is 13.2 Å². The third kappa shape index (κ3) is 8.89. The Morgan fingerprint density at radius 2 is 1.90 bits per heavy atom. The van der Waals surface area contributed by atoms with Crippen LogP contribution in [0.15, 0.2) is 29.3 Å². The molecule has 0 spiro atoms. The maximum atomic E-state index is 12.5. The molecule has 0 amide bonds. The molecule has 10 heteroatoms. The van der Waals surface area contributed by atoms with E-state index >= 15 is 0 Å². The van der Waals surface area contributed by atoms with Gasteiger partial charge in [-0.25, -0.2) is 12.7 Å². The molecule has 1 saturated heterocycles. The first-order chi connectivity index (χ1) is 13.5. The van der Waals surface area contributed by atoms with Crippen molar-refractivity contribution in [1.29, 1.82) is 0 Å². The Labute approximate surface area is 196 Å². The van der Waals surface area contributed by atoms with Gasteiger partial charge in [-0.05, 0) is 31.5 Å². The number of hydrogen-bond acceptors (Lipinski definition) is 5. The smallest absolute Gasteiger partial charge is 0.215 e. The molecule has 29 heavy (non-hydrogen) atoms. The Balaban J connectivity index is 0.00000420. The van der Waals surface area contributed by atoms with Gasteiger partial charge in [0.2, 0.25) is 10.0 Å². The monoisotopic (exact) mass is 556 g/mol. The minimum Gasteiger partial charge on any atom is -0.494 e. The minimum atomic E-state index is -3.24. The number of nitrogens with zero attached hydrogens (tertiary/aromatic N) is 3. The van der Waals surface area contributed by atoms with Gasteiger partial charge in [0.15, 0.2) is 5.96 Å². The molecule has 0 bridgehead atoms. The van der Waals surface area contributed by atoms with E-state index in [2.05, 4.69) is 10.3 Å². The van der Waals surface area contributed by atoms with Crippen LogP contribution in [0, 0.1) is 0 Å². The van der Waals surface area contributed by atoms with Crippen LogP contribution in [0.3, 0.4) is 0 Å². The van der Waals surface area contributed by atoms with E-state index in [4.69, 9.17) is 4.74 Å². The van der Waals surface area contributed by atoms with Crippen LogP contribution in [0.1, 0.15) is 19.4 Å². The van der Waals surface area contributed by atoms with E-state index < -0.39 is 10.0 Å². The summed E-state index contributed by atoms with van der Waals surface area (Å²) in [5, 5.41) is 3.24. The topological polar surface area (TPSA) is 74.2 Å². The molecule has 2 rings (SSSR count). The van der Waals surface area contributed by atoms with Crippen molar-refractivity contribution in [2.45, 2.75) is 20.4 Å². The summed E-state index contributed by atoms with van der Waals surface area (Å²) >= 11 is 1.80. The molecular weight excluding hydrogens is 523 g/mol. The zero-order valence-corrected chi connectivity index (χ0v) is 21.4. The molecule has 0 aromatic heterocycles. The molecule has 0 atom stereocenters. The number of thioether (sulfide) groups is 1. The van der Waals surface area contributed by atoms with Gasteiger partial charge < -0.3 is 15.0 Å². The van der Waals surface area contributed by atoms with E-state index in [1.807, 2.05) is 50.1 Å². The van der Waals surface area contributed by atoms with Gasteiger partial charge in [0.1, 0.15) is 5.75 Å². The predicted octanol–water partition coefficient (Wildman–Crippen LogP) is 2.48. The first kappa shape index (κ1) is 26.3. The average molecular weight is 557 g/mol. The largest absolute Gasteiger partial charge is 0.494 e. The Kier molecular flexibility index (Phi) is 12.3. The van der Waals surface area contributed by atoms with Gasteiger partial charge >= 0.3 is 0 Å². The number of guanidine groups is 1. The molecule has 166 valence electrons. The molecule has 1 heterocycles. The summed E-state index contributed by atoms with van der Waals surface area (Å²) in [4.78, 5) is 6.54. The summed E-state index contributed by atoms with van der Waals surface area (Å²) in [7, 11) is -1.28. The summed E-state index contributed by atoms with van der Waals surface area (Å²) < 4.78 is 32.0. The first-order valence-electron chi connectivity index (χ1n) is 9.73. The van der Waals surface area contributed by atoms with Gasteiger partial charge in [-0.1, -0.05) is 12.1 Å². The van der Waals surface area contributed by atoms with Crippen molar-refractivity contribution in [3.05, 3.63) is 29.8 Å². The van der Waals surface area contributed by atoms with Crippen molar-refractivity contribution in [3.63, 3.8) is 0 Å². The lowest BCUT2D eigenvalue weighted by molar-refractivity contribution is 0.340. The number of aliphatic imine (C=N–C) groups is 1. The van der Waals surface area contributed by atoms with Crippen LogP contribution in [0.25, 0.3) is 0 Å². The number of sulfonamides is 1. The van der Waals surface area contributed by atoms with E-state index in [0.717, 1.165) is 29.4 Å². The molecule has 1 N–H and O–H groups in total. The van der Waals surface area contributed by atoms with Crippen LogP contribution in [-0.2, 0) is 16.6 Å². The zero-order valence-electron chi connectivity index (χ0n) is 17.5. The normalized spacial score (nSPS) is 15.5. The van der Waals surface area contributed by atoms with E-state index in [1.54, 1.807) is 16.1 Å². The van der Waals surface area contributed by atoms with Gasteiger partial charge in [-0.15, -0.1) is 24.0 Å². The van der Waals surface area contributed by atoms with Gasteiger partial charge in [0.05, 0.1) is 18.9 Å². The zero-order chi connectivity index (χ0) is 20.4. The number of nitrogens with one attached hydrogen (secondary N) is 1. The number of benzene rings is 1. The lowest BCUT2D eigenvalue weighted by Gasteiger charge is -2.25.